The van der Waals surface area contributed by atoms with Crippen molar-refractivity contribution in [3.8, 4) is 0 Å². The Kier molecular flexibility index (Phi) is 5.58. The van der Waals surface area contributed by atoms with Crippen LogP contribution in [0.4, 0.5) is 19.3 Å². The number of nitrogens with zero attached hydrogens (tertiary/aromatic N) is 3. The van der Waals surface area contributed by atoms with Crippen molar-refractivity contribution in [2.24, 2.45) is 4.99 Å². The molecule has 1 fully saturated rings. The van der Waals surface area contributed by atoms with E-state index < -0.39 is 66.8 Å². The maximum Gasteiger partial charge on any atom is 0.437 e. The first-order valence-corrected chi connectivity index (χ1v) is 9.88. The van der Waals surface area contributed by atoms with Gasteiger partial charge in [0.2, 0.25) is 21.8 Å². The number of aliphatic imine (C=N–C) groups is 1. The Bertz CT molecular complexity index is 1010. The molecule has 0 bridgehead atoms. The number of nitro groups is 1. The lowest BCUT2D eigenvalue weighted by atomic mass is 9.92. The smallest absolute Gasteiger partial charge is 0.437 e. The predicted molar refractivity (Wildman–Crippen MR) is 98.7 cm³/mol. The van der Waals surface area contributed by atoms with Crippen LogP contribution in [0.5, 0.6) is 0 Å². The summed E-state index contributed by atoms with van der Waals surface area (Å²) in [6.07, 6.45) is -1.13. The number of benzene rings is 1. The normalized spacial score (nSPS) is 22.9. The van der Waals surface area contributed by atoms with Crippen LogP contribution in [0.1, 0.15) is 33.3 Å². The number of rotatable bonds is 2. The summed E-state index contributed by atoms with van der Waals surface area (Å²) in [5.41, 5.74) is -4.80. The van der Waals surface area contributed by atoms with Crippen LogP contribution in [0.3, 0.4) is 0 Å². The number of carbonyl (C=O) groups excluding carboxylic acids is 1. The third-order valence-corrected chi connectivity index (χ3v) is 5.93. The third-order valence-electron chi connectivity index (χ3n) is 3.98. The van der Waals surface area contributed by atoms with Crippen molar-refractivity contribution in [3.63, 3.8) is 0 Å². The number of amides is 1. The van der Waals surface area contributed by atoms with Crippen LogP contribution in [-0.4, -0.2) is 48.1 Å². The van der Waals surface area contributed by atoms with Gasteiger partial charge >= 0.3 is 11.8 Å². The van der Waals surface area contributed by atoms with Crippen molar-refractivity contribution in [2.75, 3.05) is 12.8 Å². The van der Waals surface area contributed by atoms with Gasteiger partial charge in [0.05, 0.1) is 21.8 Å². The molecule has 1 aromatic rings. The van der Waals surface area contributed by atoms with Crippen molar-refractivity contribution >= 4 is 27.8 Å². The number of halogens is 2. The maximum atomic E-state index is 14.7. The zero-order valence-electron chi connectivity index (χ0n) is 16.3. The fraction of sp³-hybridized carbons (Fsp3) is 0.500. The van der Waals surface area contributed by atoms with Gasteiger partial charge in [0.25, 0.3) is 0 Å². The van der Waals surface area contributed by atoms with E-state index in [1.165, 1.54) is 0 Å². The lowest BCUT2D eigenvalue weighted by Gasteiger charge is -2.40. The van der Waals surface area contributed by atoms with Gasteiger partial charge in [0.1, 0.15) is 11.4 Å². The lowest BCUT2D eigenvalue weighted by molar-refractivity contribution is -0.387. The minimum atomic E-state index is -4.19. The second-order valence-corrected chi connectivity index (χ2v) is 9.61. The Morgan fingerprint density at radius 3 is 2.48 bits per heavy atom. The molecule has 1 heterocycles. The average Bonchev–Trinajstić information content (AvgIpc) is 2.49. The Morgan fingerprint density at radius 2 is 1.97 bits per heavy atom. The zero-order valence-corrected chi connectivity index (χ0v) is 17.1. The number of nitrogens with one attached hydrogen (secondary N) is 1. The molecule has 1 N–H and O–H groups in total. The maximum absolute atomic E-state index is 14.7. The van der Waals surface area contributed by atoms with Crippen molar-refractivity contribution in [3.05, 3.63) is 39.4 Å². The van der Waals surface area contributed by atoms with E-state index in [1.807, 2.05) is 0 Å². The molecular formula is C16H20F2N4O6S. The number of hydrogen-bond acceptors (Lipinski definition) is 6. The van der Waals surface area contributed by atoms with E-state index in [2.05, 4.69) is 10.3 Å². The summed E-state index contributed by atoms with van der Waals surface area (Å²) in [4.78, 5) is 25.5. The fourth-order valence-corrected chi connectivity index (χ4v) is 4.24. The van der Waals surface area contributed by atoms with E-state index >= 15 is 0 Å². The van der Waals surface area contributed by atoms with Gasteiger partial charge in [-0.1, -0.05) is 0 Å². The lowest BCUT2D eigenvalue weighted by Crippen LogP contribution is -2.62. The predicted octanol–water partition coefficient (Wildman–Crippen LogP) is 2.24. The first-order chi connectivity index (χ1) is 13.1. The number of guanidine groups is 1. The van der Waals surface area contributed by atoms with Gasteiger partial charge < -0.3 is 10.1 Å². The molecular weight excluding hydrogens is 414 g/mol. The number of sulfonamides is 1. The van der Waals surface area contributed by atoms with Gasteiger partial charge in [-0.2, -0.15) is 4.39 Å². The highest BCUT2D eigenvalue weighted by atomic mass is 32.2. The molecule has 29 heavy (non-hydrogen) atoms. The molecule has 160 valence electrons. The van der Waals surface area contributed by atoms with Crippen LogP contribution in [0.2, 0.25) is 0 Å². The summed E-state index contributed by atoms with van der Waals surface area (Å²) in [7, 11) is -3.10. The number of nitro benzene ring substituents is 1. The molecule has 13 heteroatoms. The Labute approximate surface area is 165 Å². The molecule has 0 aliphatic carbocycles. The van der Waals surface area contributed by atoms with Crippen LogP contribution in [-0.2, 0) is 20.3 Å². The van der Waals surface area contributed by atoms with Crippen LogP contribution >= 0.6 is 0 Å². The monoisotopic (exact) mass is 434 g/mol. The SMILES string of the molecule is CN1/C(=N/C(=O)OC(C)(C)C)N[C@](C)(c2c(F)ccc([N+](=O)[O-])c2F)CS1(=O)=O. The Hall–Kier alpha value is -2.83. The molecule has 0 radical (unpaired) electrons. The van der Waals surface area contributed by atoms with Crippen molar-refractivity contribution in [1.82, 2.24) is 9.62 Å². The average molecular weight is 434 g/mol. The first kappa shape index (κ1) is 22.5. The van der Waals surface area contributed by atoms with E-state index in [1.54, 1.807) is 20.8 Å². The van der Waals surface area contributed by atoms with Crippen LogP contribution in [0, 0.1) is 21.7 Å². The summed E-state index contributed by atoms with van der Waals surface area (Å²) < 4.78 is 59.9. The first-order valence-electron chi connectivity index (χ1n) is 8.27. The second kappa shape index (κ2) is 7.21. The van der Waals surface area contributed by atoms with Gasteiger partial charge in [-0.15, -0.1) is 4.99 Å². The summed E-state index contributed by atoms with van der Waals surface area (Å²) >= 11 is 0. The van der Waals surface area contributed by atoms with E-state index in [0.717, 1.165) is 14.0 Å². The second-order valence-electron chi connectivity index (χ2n) is 7.61. The molecule has 0 spiro atoms. The highest BCUT2D eigenvalue weighted by Gasteiger charge is 2.47. The van der Waals surface area contributed by atoms with E-state index in [-0.39, 0.29) is 0 Å². The molecule has 0 saturated carbocycles. The topological polar surface area (TPSA) is 131 Å². The van der Waals surface area contributed by atoms with Crippen molar-refractivity contribution < 1.29 is 31.7 Å². The molecule has 1 aliphatic rings. The molecule has 1 saturated heterocycles. The van der Waals surface area contributed by atoms with Crippen LogP contribution in [0.15, 0.2) is 17.1 Å². The van der Waals surface area contributed by atoms with E-state index in [9.17, 15) is 32.1 Å². The third kappa shape index (κ3) is 4.60. The largest absolute Gasteiger partial charge is 0.442 e. The highest BCUT2D eigenvalue weighted by Crippen LogP contribution is 2.35. The summed E-state index contributed by atoms with van der Waals surface area (Å²) in [6.45, 7) is 5.83. The quantitative estimate of drug-likeness (QED) is 0.558. The van der Waals surface area contributed by atoms with Crippen molar-refractivity contribution in [1.29, 1.82) is 0 Å². The minimum absolute atomic E-state index is 0.543. The van der Waals surface area contributed by atoms with E-state index in [0.29, 0.717) is 16.4 Å². The molecule has 1 aliphatic heterocycles. The summed E-state index contributed by atoms with van der Waals surface area (Å²) in [5, 5.41) is 13.5. The van der Waals surface area contributed by atoms with Crippen LogP contribution < -0.4 is 5.32 Å². The number of carbonyl (C=O) groups is 1. The molecule has 1 atom stereocenters. The number of hydrogen-bond donors (Lipinski definition) is 1. The molecule has 1 aromatic carbocycles. The van der Waals surface area contributed by atoms with Crippen molar-refractivity contribution in [2.45, 2.75) is 38.8 Å². The standard InChI is InChI=1S/C16H20F2N4O6S/c1-15(2,3)28-14(23)19-13-20-16(4,8-29(26,27)21(13)5)11-9(17)6-7-10(12(11)18)22(24)25/h6-7H,8H2,1-5H3,(H,19,20,23)/t16-/m0/s1. The van der Waals surface area contributed by atoms with Crippen LogP contribution in [0.25, 0.3) is 0 Å². The van der Waals surface area contributed by atoms with Gasteiger partial charge in [0, 0.05) is 13.1 Å². The van der Waals surface area contributed by atoms with E-state index in [4.69, 9.17) is 4.74 Å². The van der Waals surface area contributed by atoms with Gasteiger partial charge in [-0.3, -0.25) is 10.1 Å². The fourth-order valence-electron chi connectivity index (χ4n) is 2.75. The highest BCUT2D eigenvalue weighted by molar-refractivity contribution is 7.89. The molecule has 0 unspecified atom stereocenters. The Morgan fingerprint density at radius 1 is 1.38 bits per heavy atom. The number of ether oxygens (including phenoxy) is 1. The Balaban J connectivity index is 2.61. The molecule has 0 aromatic heterocycles. The molecule has 2 rings (SSSR count). The van der Waals surface area contributed by atoms with Gasteiger partial charge in [0.15, 0.2) is 0 Å². The van der Waals surface area contributed by atoms with Gasteiger partial charge in [-0.05, 0) is 33.8 Å². The minimum Gasteiger partial charge on any atom is -0.442 e. The van der Waals surface area contributed by atoms with Gasteiger partial charge in [-0.25, -0.2) is 21.9 Å². The zero-order chi connectivity index (χ0) is 22.4. The molecule has 1 amide bonds. The summed E-state index contributed by atoms with van der Waals surface area (Å²) in [6, 6.07) is 1.30. The molecule has 10 nitrogen and oxygen atoms in total. The summed E-state index contributed by atoms with van der Waals surface area (Å²) in [5.74, 6) is -4.11.